The summed E-state index contributed by atoms with van der Waals surface area (Å²) in [4.78, 5) is 0. The minimum absolute atomic E-state index is 0.0300. The molecule has 0 saturated carbocycles. The van der Waals surface area contributed by atoms with Gasteiger partial charge in [-0.2, -0.15) is 5.26 Å². The van der Waals surface area contributed by atoms with Gasteiger partial charge in [0.15, 0.2) is 11.5 Å². The van der Waals surface area contributed by atoms with Crippen LogP contribution in [-0.2, 0) is 0 Å². The first-order valence-corrected chi connectivity index (χ1v) is 8.39. The van der Waals surface area contributed by atoms with Crippen LogP contribution in [0.2, 0.25) is 0 Å². The Morgan fingerprint density at radius 2 is 1.85 bits per heavy atom. The summed E-state index contributed by atoms with van der Waals surface area (Å²) in [6.07, 6.45) is 0. The van der Waals surface area contributed by atoms with Crippen LogP contribution in [0.1, 0.15) is 30.9 Å². The topological polar surface area (TPSA) is 97.7 Å². The largest absolute Gasteiger partial charge is 0.508 e. The van der Waals surface area contributed by atoms with Gasteiger partial charge in [0.05, 0.1) is 19.1 Å². The third kappa shape index (κ3) is 3.11. The van der Waals surface area contributed by atoms with Gasteiger partial charge >= 0.3 is 0 Å². The van der Waals surface area contributed by atoms with Crippen molar-refractivity contribution in [3.05, 3.63) is 59.0 Å². The Balaban J connectivity index is 2.15. The summed E-state index contributed by atoms with van der Waals surface area (Å²) in [5.41, 5.74) is 7.84. The third-order valence-electron chi connectivity index (χ3n) is 4.10. The summed E-state index contributed by atoms with van der Waals surface area (Å²) in [7, 11) is 0. The Morgan fingerprint density at radius 3 is 2.54 bits per heavy atom. The lowest BCUT2D eigenvalue weighted by molar-refractivity contribution is 0.287. The zero-order valence-electron chi connectivity index (χ0n) is 14.7. The van der Waals surface area contributed by atoms with Crippen LogP contribution in [0.3, 0.4) is 0 Å². The molecule has 0 bridgehead atoms. The molecule has 3 rings (SSSR count). The Morgan fingerprint density at radius 1 is 1.12 bits per heavy atom. The third-order valence-corrected chi connectivity index (χ3v) is 4.10. The van der Waals surface area contributed by atoms with E-state index in [1.165, 1.54) is 6.07 Å². The lowest BCUT2D eigenvalue weighted by Crippen LogP contribution is -2.21. The molecule has 0 fully saturated rings. The van der Waals surface area contributed by atoms with Gasteiger partial charge in [-0.05, 0) is 37.6 Å². The van der Waals surface area contributed by atoms with Gasteiger partial charge in [-0.15, -0.1) is 0 Å². The fourth-order valence-corrected chi connectivity index (χ4v) is 3.03. The predicted molar refractivity (Wildman–Crippen MR) is 96.2 cm³/mol. The summed E-state index contributed by atoms with van der Waals surface area (Å²) < 4.78 is 16.8. The van der Waals surface area contributed by atoms with E-state index < -0.39 is 5.92 Å². The monoisotopic (exact) mass is 352 g/mol. The van der Waals surface area contributed by atoms with E-state index in [1.54, 1.807) is 12.1 Å². The summed E-state index contributed by atoms with van der Waals surface area (Å²) in [6, 6.07) is 12.5. The lowest BCUT2D eigenvalue weighted by atomic mass is 9.83. The Bertz CT molecular complexity index is 899. The lowest BCUT2D eigenvalue weighted by Gasteiger charge is -2.27. The average Bonchev–Trinajstić information content (AvgIpc) is 2.62. The molecule has 0 saturated heterocycles. The molecule has 3 N–H and O–H groups in total. The maximum atomic E-state index is 9.73. The van der Waals surface area contributed by atoms with Gasteiger partial charge in [0.1, 0.15) is 23.1 Å². The minimum atomic E-state index is -0.417. The molecule has 0 unspecified atom stereocenters. The fraction of sp³-hybridized carbons (Fsp3) is 0.250. The average molecular weight is 352 g/mol. The second-order valence-corrected chi connectivity index (χ2v) is 5.72. The van der Waals surface area contributed by atoms with Gasteiger partial charge in [-0.25, -0.2) is 0 Å². The quantitative estimate of drug-likeness (QED) is 0.856. The standard InChI is InChI=1S/C20H20N2O4/c1-3-24-16-8-5-12(9-18(16)25-4-2)19-14-7-6-13(23)10-17(14)26-20(22)15(19)11-21/h5-10,19,23H,3-4,22H2,1-2H3/t19-/m1/s1. The van der Waals surface area contributed by atoms with Crippen molar-refractivity contribution in [1.82, 2.24) is 0 Å². The van der Waals surface area contributed by atoms with Crippen molar-refractivity contribution in [3.63, 3.8) is 0 Å². The minimum Gasteiger partial charge on any atom is -0.508 e. The first-order valence-electron chi connectivity index (χ1n) is 8.39. The number of hydrogen-bond acceptors (Lipinski definition) is 6. The van der Waals surface area contributed by atoms with E-state index in [9.17, 15) is 10.4 Å². The molecule has 1 atom stereocenters. The van der Waals surface area contributed by atoms with Gasteiger partial charge in [0.25, 0.3) is 0 Å². The van der Waals surface area contributed by atoms with Gasteiger partial charge in [0.2, 0.25) is 5.88 Å². The fourth-order valence-electron chi connectivity index (χ4n) is 3.03. The molecule has 6 heteroatoms. The molecule has 134 valence electrons. The second kappa shape index (κ2) is 7.28. The van der Waals surface area contributed by atoms with Crippen molar-refractivity contribution >= 4 is 0 Å². The number of phenolic OH excluding ortho intramolecular Hbond substituents is 1. The van der Waals surface area contributed by atoms with E-state index in [4.69, 9.17) is 19.9 Å². The van der Waals surface area contributed by atoms with Crippen LogP contribution in [0, 0.1) is 11.3 Å². The normalized spacial score (nSPS) is 15.7. The molecule has 0 aromatic heterocycles. The van der Waals surface area contributed by atoms with Crippen molar-refractivity contribution in [1.29, 1.82) is 5.26 Å². The van der Waals surface area contributed by atoms with Crippen molar-refractivity contribution in [2.24, 2.45) is 5.73 Å². The highest BCUT2D eigenvalue weighted by Gasteiger charge is 2.31. The number of hydrogen-bond donors (Lipinski definition) is 2. The van der Waals surface area contributed by atoms with Crippen LogP contribution in [-0.4, -0.2) is 18.3 Å². The number of aromatic hydroxyl groups is 1. The smallest absolute Gasteiger partial charge is 0.205 e. The van der Waals surface area contributed by atoms with Gasteiger partial charge < -0.3 is 25.1 Å². The molecule has 2 aromatic rings. The Hall–Kier alpha value is -3.33. The van der Waals surface area contributed by atoms with E-state index in [-0.39, 0.29) is 11.6 Å². The molecule has 6 nitrogen and oxygen atoms in total. The molecule has 1 aliphatic rings. The Kier molecular flexibility index (Phi) is 4.90. The van der Waals surface area contributed by atoms with E-state index in [0.717, 1.165) is 11.1 Å². The van der Waals surface area contributed by atoms with E-state index in [2.05, 4.69) is 6.07 Å². The van der Waals surface area contributed by atoms with Gasteiger partial charge in [-0.3, -0.25) is 0 Å². The highest BCUT2D eigenvalue weighted by molar-refractivity contribution is 5.58. The van der Waals surface area contributed by atoms with Crippen LogP contribution in [0.5, 0.6) is 23.0 Å². The van der Waals surface area contributed by atoms with Crippen LogP contribution in [0.25, 0.3) is 0 Å². The van der Waals surface area contributed by atoms with E-state index >= 15 is 0 Å². The first kappa shape index (κ1) is 17.5. The van der Waals surface area contributed by atoms with Gasteiger partial charge in [-0.1, -0.05) is 12.1 Å². The van der Waals surface area contributed by atoms with Crippen molar-refractivity contribution in [2.75, 3.05) is 13.2 Å². The zero-order chi connectivity index (χ0) is 18.7. The molecule has 2 aromatic carbocycles. The van der Waals surface area contributed by atoms with E-state index in [1.807, 2.05) is 32.0 Å². The summed E-state index contributed by atoms with van der Waals surface area (Å²) in [5.74, 6) is 1.36. The van der Waals surface area contributed by atoms with Gasteiger partial charge in [0, 0.05) is 11.6 Å². The second-order valence-electron chi connectivity index (χ2n) is 5.72. The van der Waals surface area contributed by atoms with Crippen LogP contribution < -0.4 is 19.9 Å². The molecule has 0 radical (unpaired) electrons. The number of phenols is 1. The molecular formula is C20H20N2O4. The van der Waals surface area contributed by atoms with Crippen molar-refractivity contribution in [3.8, 4) is 29.1 Å². The highest BCUT2D eigenvalue weighted by Crippen LogP contribution is 2.44. The molecule has 0 aliphatic carbocycles. The first-order chi connectivity index (χ1) is 12.6. The molecule has 0 spiro atoms. The number of nitrogens with zero attached hydrogens (tertiary/aromatic N) is 1. The van der Waals surface area contributed by atoms with Crippen LogP contribution >= 0.6 is 0 Å². The number of benzene rings is 2. The number of allylic oxidation sites excluding steroid dienone is 1. The maximum absolute atomic E-state index is 9.73. The van der Waals surface area contributed by atoms with E-state index in [0.29, 0.717) is 36.0 Å². The SMILES string of the molecule is CCOc1ccc([C@H]2C(C#N)=C(N)Oc3cc(O)ccc32)cc1OCC. The molecule has 0 amide bonds. The number of rotatable bonds is 5. The Labute approximate surface area is 152 Å². The highest BCUT2D eigenvalue weighted by atomic mass is 16.5. The van der Waals surface area contributed by atoms with Crippen LogP contribution in [0.4, 0.5) is 0 Å². The molecule has 1 aliphatic heterocycles. The number of ether oxygens (including phenoxy) is 3. The zero-order valence-corrected chi connectivity index (χ0v) is 14.7. The molecule has 26 heavy (non-hydrogen) atoms. The molecule has 1 heterocycles. The summed E-state index contributed by atoms with van der Waals surface area (Å²) in [6.45, 7) is 4.82. The van der Waals surface area contributed by atoms with Crippen molar-refractivity contribution in [2.45, 2.75) is 19.8 Å². The molecular weight excluding hydrogens is 332 g/mol. The number of fused-ring (bicyclic) bond motifs is 1. The maximum Gasteiger partial charge on any atom is 0.205 e. The summed E-state index contributed by atoms with van der Waals surface area (Å²) in [5, 5.41) is 19.3. The number of nitriles is 1. The number of nitrogens with two attached hydrogens (primary N) is 1. The van der Waals surface area contributed by atoms with Crippen molar-refractivity contribution < 1.29 is 19.3 Å². The van der Waals surface area contributed by atoms with Crippen LogP contribution in [0.15, 0.2) is 47.9 Å². The summed E-state index contributed by atoms with van der Waals surface area (Å²) >= 11 is 0. The predicted octanol–water partition coefficient (Wildman–Crippen LogP) is 3.41.